The largest absolute Gasteiger partial charge is 0.302 e. The van der Waals surface area contributed by atoms with Gasteiger partial charge >= 0.3 is 0 Å². The van der Waals surface area contributed by atoms with Gasteiger partial charge in [0.2, 0.25) is 5.91 Å². The predicted octanol–water partition coefficient (Wildman–Crippen LogP) is 3.36. The lowest BCUT2D eigenvalue weighted by Gasteiger charge is -2.34. The van der Waals surface area contributed by atoms with E-state index in [1.807, 2.05) is 6.92 Å². The van der Waals surface area contributed by atoms with Gasteiger partial charge in [-0.3, -0.25) is 9.69 Å². The molecule has 1 aliphatic heterocycles. The number of amides is 1. The van der Waals surface area contributed by atoms with Crippen LogP contribution in [0.15, 0.2) is 5.38 Å². The standard InChI is InChI=1S/C15H25N3OS/c1-4-5-14(19)17-15-16-13(10-20-15)9-18-7-11(2)6-12(3)8-18/h10-12H,4-9H2,1-3H3,(H,16,17,19). The van der Waals surface area contributed by atoms with Gasteiger partial charge in [0.25, 0.3) is 0 Å². The first-order valence-corrected chi connectivity index (χ1v) is 8.41. The highest BCUT2D eigenvalue weighted by Gasteiger charge is 2.22. The Kier molecular flexibility index (Phi) is 5.54. The van der Waals surface area contributed by atoms with Gasteiger partial charge in [-0.15, -0.1) is 11.3 Å². The molecule has 0 aromatic carbocycles. The number of rotatable bonds is 5. The third kappa shape index (κ3) is 4.56. The van der Waals surface area contributed by atoms with Crippen LogP contribution in [-0.2, 0) is 11.3 Å². The van der Waals surface area contributed by atoms with Crippen LogP contribution >= 0.6 is 11.3 Å². The van der Waals surface area contributed by atoms with Gasteiger partial charge in [0.1, 0.15) is 0 Å². The molecule has 4 nitrogen and oxygen atoms in total. The number of likely N-dealkylation sites (tertiary alicyclic amines) is 1. The van der Waals surface area contributed by atoms with Gasteiger partial charge in [-0.1, -0.05) is 20.8 Å². The summed E-state index contributed by atoms with van der Waals surface area (Å²) < 4.78 is 0. The molecule has 0 saturated carbocycles. The molecule has 1 N–H and O–H groups in total. The maximum Gasteiger partial charge on any atom is 0.226 e. The fourth-order valence-corrected chi connectivity index (χ4v) is 3.71. The molecule has 0 spiro atoms. The number of hydrogen-bond donors (Lipinski definition) is 1. The van der Waals surface area contributed by atoms with Gasteiger partial charge < -0.3 is 5.32 Å². The fourth-order valence-electron chi connectivity index (χ4n) is 3.00. The third-order valence-electron chi connectivity index (χ3n) is 3.61. The van der Waals surface area contributed by atoms with Crippen LogP contribution in [-0.4, -0.2) is 28.9 Å². The van der Waals surface area contributed by atoms with E-state index < -0.39 is 0 Å². The molecule has 1 aromatic heterocycles. The Morgan fingerprint density at radius 3 is 2.80 bits per heavy atom. The van der Waals surface area contributed by atoms with Crippen molar-refractivity contribution in [3.8, 4) is 0 Å². The van der Waals surface area contributed by atoms with Crippen LogP contribution in [0.5, 0.6) is 0 Å². The SMILES string of the molecule is CCCC(=O)Nc1nc(CN2CC(C)CC(C)C2)cs1. The first kappa shape index (κ1) is 15.4. The summed E-state index contributed by atoms with van der Waals surface area (Å²) in [5.41, 5.74) is 1.07. The zero-order chi connectivity index (χ0) is 14.5. The van der Waals surface area contributed by atoms with Crippen molar-refractivity contribution in [1.29, 1.82) is 0 Å². The van der Waals surface area contributed by atoms with Gasteiger partial charge in [-0.25, -0.2) is 4.98 Å². The number of carbonyl (C=O) groups excluding carboxylic acids is 1. The molecule has 1 amide bonds. The average Bonchev–Trinajstić information content (AvgIpc) is 2.75. The summed E-state index contributed by atoms with van der Waals surface area (Å²) >= 11 is 1.52. The molecule has 112 valence electrons. The van der Waals surface area contributed by atoms with E-state index in [1.165, 1.54) is 17.8 Å². The van der Waals surface area contributed by atoms with E-state index in [-0.39, 0.29) is 5.91 Å². The molecule has 2 heterocycles. The van der Waals surface area contributed by atoms with Crippen LogP contribution in [0.25, 0.3) is 0 Å². The molecule has 2 atom stereocenters. The lowest BCUT2D eigenvalue weighted by atomic mass is 9.92. The summed E-state index contributed by atoms with van der Waals surface area (Å²) in [6.07, 6.45) is 2.76. The molecule has 20 heavy (non-hydrogen) atoms. The summed E-state index contributed by atoms with van der Waals surface area (Å²) in [7, 11) is 0. The lowest BCUT2D eigenvalue weighted by Crippen LogP contribution is -2.38. The first-order chi connectivity index (χ1) is 9.56. The first-order valence-electron chi connectivity index (χ1n) is 7.53. The molecular formula is C15H25N3OS. The summed E-state index contributed by atoms with van der Waals surface area (Å²) in [6, 6.07) is 0. The molecule has 2 rings (SSSR count). The summed E-state index contributed by atoms with van der Waals surface area (Å²) in [5, 5.41) is 5.66. The van der Waals surface area contributed by atoms with Gasteiger partial charge in [0.05, 0.1) is 5.69 Å². The number of nitrogens with one attached hydrogen (secondary N) is 1. The Morgan fingerprint density at radius 2 is 2.15 bits per heavy atom. The van der Waals surface area contributed by atoms with Crippen LogP contribution in [0, 0.1) is 11.8 Å². The van der Waals surface area contributed by atoms with Crippen molar-refractivity contribution >= 4 is 22.4 Å². The molecule has 1 aliphatic rings. The molecule has 5 heteroatoms. The second-order valence-corrected chi connectivity index (χ2v) is 6.94. The Hall–Kier alpha value is -0.940. The van der Waals surface area contributed by atoms with Crippen LogP contribution in [0.3, 0.4) is 0 Å². The molecule has 1 saturated heterocycles. The molecule has 0 radical (unpaired) electrons. The smallest absolute Gasteiger partial charge is 0.226 e. The third-order valence-corrected chi connectivity index (χ3v) is 4.41. The highest BCUT2D eigenvalue weighted by atomic mass is 32.1. The Morgan fingerprint density at radius 1 is 1.45 bits per heavy atom. The average molecular weight is 295 g/mol. The van der Waals surface area contributed by atoms with Crippen LogP contribution in [0.2, 0.25) is 0 Å². The summed E-state index contributed by atoms with van der Waals surface area (Å²) in [6.45, 7) is 9.85. The zero-order valence-electron chi connectivity index (χ0n) is 12.7. The van der Waals surface area contributed by atoms with E-state index in [9.17, 15) is 4.79 Å². The maximum absolute atomic E-state index is 11.5. The number of aromatic nitrogens is 1. The Labute approximate surface area is 125 Å². The van der Waals surface area contributed by atoms with Gasteiger partial charge in [0, 0.05) is 31.4 Å². The number of carbonyl (C=O) groups is 1. The van der Waals surface area contributed by atoms with Gasteiger partial charge in [-0.05, 0) is 24.7 Å². The topological polar surface area (TPSA) is 45.2 Å². The molecular weight excluding hydrogens is 270 g/mol. The van der Waals surface area contributed by atoms with E-state index >= 15 is 0 Å². The summed E-state index contributed by atoms with van der Waals surface area (Å²) in [4.78, 5) is 18.5. The van der Waals surface area contributed by atoms with Crippen molar-refractivity contribution < 1.29 is 4.79 Å². The Balaban J connectivity index is 1.87. The fraction of sp³-hybridized carbons (Fsp3) is 0.733. The Bertz CT molecular complexity index is 436. The maximum atomic E-state index is 11.5. The number of thiazole rings is 1. The van der Waals surface area contributed by atoms with Gasteiger partial charge in [0.15, 0.2) is 5.13 Å². The van der Waals surface area contributed by atoms with Gasteiger partial charge in [-0.2, -0.15) is 0 Å². The van der Waals surface area contributed by atoms with Crippen LogP contribution < -0.4 is 5.32 Å². The van der Waals surface area contributed by atoms with Crippen LogP contribution in [0.4, 0.5) is 5.13 Å². The van der Waals surface area contributed by atoms with E-state index in [4.69, 9.17) is 0 Å². The van der Waals surface area contributed by atoms with Crippen molar-refractivity contribution in [2.24, 2.45) is 11.8 Å². The molecule has 0 bridgehead atoms. The minimum atomic E-state index is 0.0635. The highest BCUT2D eigenvalue weighted by molar-refractivity contribution is 7.13. The zero-order valence-corrected chi connectivity index (χ0v) is 13.5. The van der Waals surface area contributed by atoms with Crippen molar-refractivity contribution in [1.82, 2.24) is 9.88 Å². The van der Waals surface area contributed by atoms with E-state index in [2.05, 4.69) is 34.4 Å². The predicted molar refractivity (Wildman–Crippen MR) is 83.9 cm³/mol. The minimum Gasteiger partial charge on any atom is -0.302 e. The van der Waals surface area contributed by atoms with E-state index in [0.717, 1.165) is 48.7 Å². The van der Waals surface area contributed by atoms with Crippen LogP contribution in [0.1, 0.15) is 45.7 Å². The highest BCUT2D eigenvalue weighted by Crippen LogP contribution is 2.23. The van der Waals surface area contributed by atoms with Crippen molar-refractivity contribution in [3.05, 3.63) is 11.1 Å². The van der Waals surface area contributed by atoms with E-state index in [1.54, 1.807) is 0 Å². The molecule has 2 unspecified atom stereocenters. The van der Waals surface area contributed by atoms with E-state index in [0.29, 0.717) is 6.42 Å². The second-order valence-electron chi connectivity index (χ2n) is 6.08. The number of anilines is 1. The number of nitrogens with zero attached hydrogens (tertiary/aromatic N) is 2. The number of hydrogen-bond acceptors (Lipinski definition) is 4. The quantitative estimate of drug-likeness (QED) is 0.906. The second kappa shape index (κ2) is 7.18. The monoisotopic (exact) mass is 295 g/mol. The lowest BCUT2D eigenvalue weighted by molar-refractivity contribution is -0.116. The van der Waals surface area contributed by atoms with Crippen molar-refractivity contribution in [3.63, 3.8) is 0 Å². The van der Waals surface area contributed by atoms with Crippen molar-refractivity contribution in [2.45, 2.75) is 46.6 Å². The minimum absolute atomic E-state index is 0.0635. The molecule has 1 aromatic rings. The molecule has 1 fully saturated rings. The summed E-state index contributed by atoms with van der Waals surface area (Å²) in [5.74, 6) is 1.59. The normalized spacial score (nSPS) is 23.8. The number of piperidine rings is 1. The molecule has 0 aliphatic carbocycles. The van der Waals surface area contributed by atoms with Crippen molar-refractivity contribution in [2.75, 3.05) is 18.4 Å².